The van der Waals surface area contributed by atoms with Crippen LogP contribution in [0, 0.1) is 6.92 Å². The summed E-state index contributed by atoms with van der Waals surface area (Å²) in [5.41, 5.74) is 6.49. The first-order valence-electron chi connectivity index (χ1n) is 5.99. The van der Waals surface area contributed by atoms with Gasteiger partial charge in [-0.05, 0) is 20.3 Å². The van der Waals surface area contributed by atoms with Crippen molar-refractivity contribution in [1.82, 2.24) is 9.97 Å². The van der Waals surface area contributed by atoms with E-state index >= 15 is 0 Å². The van der Waals surface area contributed by atoms with Crippen molar-refractivity contribution >= 4 is 11.8 Å². The molecule has 4 heteroatoms. The number of unbranched alkanes of at least 4 members (excludes halogenated alkanes) is 2. The number of hydrogen-bond acceptors (Lipinski definition) is 4. The molecule has 0 fully saturated rings. The fourth-order valence-electron chi connectivity index (χ4n) is 1.69. The number of nitrogens with zero attached hydrogens (tertiary/aromatic N) is 2. The zero-order valence-corrected chi connectivity index (χ0v) is 10.5. The van der Waals surface area contributed by atoms with Crippen LogP contribution < -0.4 is 11.1 Å². The number of nitrogens with one attached hydrogen (secondary N) is 1. The lowest BCUT2D eigenvalue weighted by molar-refractivity contribution is 0.613. The van der Waals surface area contributed by atoms with Crippen LogP contribution in [0.2, 0.25) is 0 Å². The summed E-state index contributed by atoms with van der Waals surface area (Å²) in [4.78, 5) is 8.20. The second-order valence-electron chi connectivity index (χ2n) is 4.29. The van der Waals surface area contributed by atoms with E-state index < -0.39 is 0 Å². The van der Waals surface area contributed by atoms with Crippen LogP contribution in [0.15, 0.2) is 6.07 Å². The highest BCUT2D eigenvalue weighted by Crippen LogP contribution is 2.11. The minimum absolute atomic E-state index is 0.336. The van der Waals surface area contributed by atoms with Gasteiger partial charge in [0.15, 0.2) is 0 Å². The zero-order chi connectivity index (χ0) is 12.0. The van der Waals surface area contributed by atoms with Crippen molar-refractivity contribution in [3.63, 3.8) is 0 Å². The Labute approximate surface area is 97.7 Å². The van der Waals surface area contributed by atoms with Gasteiger partial charge in [-0.1, -0.05) is 26.2 Å². The minimum Gasteiger partial charge on any atom is -0.368 e. The van der Waals surface area contributed by atoms with Gasteiger partial charge in [0.2, 0.25) is 5.95 Å². The lowest BCUT2D eigenvalue weighted by atomic mass is 10.1. The summed E-state index contributed by atoms with van der Waals surface area (Å²) in [5.74, 6) is 1.16. The SMILES string of the molecule is CCCCCC(C)Nc1cc(C)nc(N)n1. The lowest BCUT2D eigenvalue weighted by Crippen LogP contribution is -2.16. The molecular formula is C12H22N4. The van der Waals surface area contributed by atoms with Crippen LogP contribution in [-0.4, -0.2) is 16.0 Å². The van der Waals surface area contributed by atoms with Gasteiger partial charge in [-0.25, -0.2) is 4.98 Å². The summed E-state index contributed by atoms with van der Waals surface area (Å²) in [6.07, 6.45) is 4.96. The Hall–Kier alpha value is -1.32. The van der Waals surface area contributed by atoms with Gasteiger partial charge in [-0.15, -0.1) is 0 Å². The topological polar surface area (TPSA) is 63.8 Å². The summed E-state index contributed by atoms with van der Waals surface area (Å²) in [6, 6.07) is 2.35. The van der Waals surface area contributed by atoms with E-state index in [1.165, 1.54) is 19.3 Å². The Kier molecular flexibility index (Phi) is 5.02. The van der Waals surface area contributed by atoms with E-state index in [1.807, 2.05) is 13.0 Å². The summed E-state index contributed by atoms with van der Waals surface area (Å²) < 4.78 is 0. The molecule has 1 aromatic rings. The number of nitrogens with two attached hydrogens (primary N) is 1. The predicted molar refractivity (Wildman–Crippen MR) is 68.4 cm³/mol. The summed E-state index contributed by atoms with van der Waals surface area (Å²) in [5, 5.41) is 3.35. The van der Waals surface area contributed by atoms with E-state index in [-0.39, 0.29) is 0 Å². The third-order valence-electron chi connectivity index (χ3n) is 2.51. The maximum Gasteiger partial charge on any atom is 0.222 e. The average molecular weight is 222 g/mol. The van der Waals surface area contributed by atoms with Gasteiger partial charge in [-0.3, -0.25) is 0 Å². The summed E-state index contributed by atoms with van der Waals surface area (Å²) >= 11 is 0. The second kappa shape index (κ2) is 6.30. The van der Waals surface area contributed by atoms with Gasteiger partial charge in [0, 0.05) is 17.8 Å². The number of nitrogen functional groups attached to an aromatic ring is 1. The molecule has 0 bridgehead atoms. The molecule has 1 heterocycles. The first-order chi connectivity index (χ1) is 7.61. The van der Waals surface area contributed by atoms with Crippen molar-refractivity contribution in [2.45, 2.75) is 52.5 Å². The number of hydrogen-bond donors (Lipinski definition) is 2. The molecule has 1 aromatic heterocycles. The van der Waals surface area contributed by atoms with E-state index in [0.717, 1.165) is 17.9 Å². The molecule has 0 saturated carbocycles. The molecule has 4 nitrogen and oxygen atoms in total. The van der Waals surface area contributed by atoms with Crippen molar-refractivity contribution in [1.29, 1.82) is 0 Å². The van der Waals surface area contributed by atoms with Crippen LogP contribution in [0.4, 0.5) is 11.8 Å². The Bertz CT molecular complexity index is 305. The molecule has 1 atom stereocenters. The molecule has 0 aliphatic heterocycles. The van der Waals surface area contributed by atoms with Crippen LogP contribution >= 0.6 is 0 Å². The average Bonchev–Trinajstić information content (AvgIpc) is 2.16. The van der Waals surface area contributed by atoms with Gasteiger partial charge in [0.25, 0.3) is 0 Å². The van der Waals surface area contributed by atoms with E-state index in [9.17, 15) is 0 Å². The highest BCUT2D eigenvalue weighted by molar-refractivity contribution is 5.40. The number of aryl methyl sites for hydroxylation is 1. The quantitative estimate of drug-likeness (QED) is 0.726. The molecule has 1 rings (SSSR count). The van der Waals surface area contributed by atoms with Crippen molar-refractivity contribution in [2.24, 2.45) is 0 Å². The minimum atomic E-state index is 0.336. The molecule has 0 radical (unpaired) electrons. The number of rotatable bonds is 6. The molecule has 0 aromatic carbocycles. The van der Waals surface area contributed by atoms with E-state index in [1.54, 1.807) is 0 Å². The van der Waals surface area contributed by atoms with E-state index in [4.69, 9.17) is 5.73 Å². The first-order valence-corrected chi connectivity index (χ1v) is 5.99. The monoisotopic (exact) mass is 222 g/mol. The molecule has 0 amide bonds. The van der Waals surface area contributed by atoms with Crippen LogP contribution in [0.5, 0.6) is 0 Å². The Morgan fingerprint density at radius 1 is 1.38 bits per heavy atom. The first kappa shape index (κ1) is 12.7. The fraction of sp³-hybridized carbons (Fsp3) is 0.667. The lowest BCUT2D eigenvalue weighted by Gasteiger charge is -2.14. The van der Waals surface area contributed by atoms with Gasteiger partial charge in [0.05, 0.1) is 0 Å². The van der Waals surface area contributed by atoms with Crippen LogP contribution in [0.1, 0.15) is 45.2 Å². The standard InChI is InChI=1S/C12H22N4/c1-4-5-6-7-9(2)14-11-8-10(3)15-12(13)16-11/h8-9H,4-7H2,1-3H3,(H3,13,14,15,16). The van der Waals surface area contributed by atoms with E-state index in [2.05, 4.69) is 29.1 Å². The molecule has 0 spiro atoms. The third kappa shape index (κ3) is 4.47. The predicted octanol–water partition coefficient (Wildman–Crippen LogP) is 2.75. The van der Waals surface area contributed by atoms with Crippen molar-refractivity contribution in [3.05, 3.63) is 11.8 Å². The van der Waals surface area contributed by atoms with Crippen LogP contribution in [0.25, 0.3) is 0 Å². The van der Waals surface area contributed by atoms with Crippen LogP contribution in [0.3, 0.4) is 0 Å². The zero-order valence-electron chi connectivity index (χ0n) is 10.5. The number of aromatic nitrogens is 2. The second-order valence-corrected chi connectivity index (χ2v) is 4.29. The van der Waals surface area contributed by atoms with E-state index in [0.29, 0.717) is 12.0 Å². The fourth-order valence-corrected chi connectivity index (χ4v) is 1.69. The molecule has 1 unspecified atom stereocenters. The highest BCUT2D eigenvalue weighted by atomic mass is 15.1. The normalized spacial score (nSPS) is 12.4. The third-order valence-corrected chi connectivity index (χ3v) is 2.51. The van der Waals surface area contributed by atoms with Gasteiger partial charge < -0.3 is 11.1 Å². The number of anilines is 2. The Morgan fingerprint density at radius 3 is 2.75 bits per heavy atom. The van der Waals surface area contributed by atoms with Crippen molar-refractivity contribution in [2.75, 3.05) is 11.1 Å². The molecule has 3 N–H and O–H groups in total. The van der Waals surface area contributed by atoms with Crippen molar-refractivity contribution < 1.29 is 0 Å². The highest BCUT2D eigenvalue weighted by Gasteiger charge is 2.04. The largest absolute Gasteiger partial charge is 0.368 e. The molecular weight excluding hydrogens is 200 g/mol. The summed E-state index contributed by atoms with van der Waals surface area (Å²) in [7, 11) is 0. The Morgan fingerprint density at radius 2 is 2.12 bits per heavy atom. The van der Waals surface area contributed by atoms with Gasteiger partial charge >= 0.3 is 0 Å². The smallest absolute Gasteiger partial charge is 0.222 e. The maximum atomic E-state index is 5.59. The maximum absolute atomic E-state index is 5.59. The molecule has 16 heavy (non-hydrogen) atoms. The molecule has 0 aliphatic rings. The molecule has 0 saturated heterocycles. The Balaban J connectivity index is 2.45. The van der Waals surface area contributed by atoms with Gasteiger partial charge in [-0.2, -0.15) is 4.98 Å². The molecule has 0 aliphatic carbocycles. The van der Waals surface area contributed by atoms with Crippen molar-refractivity contribution in [3.8, 4) is 0 Å². The van der Waals surface area contributed by atoms with Gasteiger partial charge in [0.1, 0.15) is 5.82 Å². The van der Waals surface area contributed by atoms with Crippen LogP contribution in [-0.2, 0) is 0 Å². The molecule has 90 valence electrons. The summed E-state index contributed by atoms with van der Waals surface area (Å²) in [6.45, 7) is 6.31.